The van der Waals surface area contributed by atoms with Crippen LogP contribution >= 0.6 is 23.2 Å². The molecular weight excluding hydrogens is 581 g/mol. The third kappa shape index (κ3) is 10.1. The lowest BCUT2D eigenvalue weighted by Crippen LogP contribution is -2.51. The van der Waals surface area contributed by atoms with Crippen molar-refractivity contribution >= 4 is 50.7 Å². The summed E-state index contributed by atoms with van der Waals surface area (Å²) in [5, 5.41) is 3.85. The normalized spacial score (nSPS) is 12.1. The second-order valence-electron chi connectivity index (χ2n) is 10.4. The second-order valence-corrected chi connectivity index (χ2v) is 13.1. The average molecular weight is 619 g/mol. The predicted molar refractivity (Wildman–Crippen MR) is 167 cm³/mol. The van der Waals surface area contributed by atoms with Crippen molar-refractivity contribution in [1.82, 2.24) is 10.2 Å². The minimum atomic E-state index is -3.57. The number of nitrogens with zero attached hydrogens (tertiary/aromatic N) is 2. The maximum atomic E-state index is 13.9. The molecule has 3 aromatic rings. The average Bonchev–Trinajstić information content (AvgIpc) is 2.93. The van der Waals surface area contributed by atoms with Crippen molar-refractivity contribution in [3.63, 3.8) is 0 Å². The van der Waals surface area contributed by atoms with E-state index in [2.05, 4.69) is 5.32 Å². The Labute approximate surface area is 253 Å². The van der Waals surface area contributed by atoms with Crippen LogP contribution < -0.4 is 9.62 Å². The Morgan fingerprint density at radius 1 is 0.927 bits per heavy atom. The van der Waals surface area contributed by atoms with E-state index in [4.69, 9.17) is 23.2 Å². The molecule has 220 valence electrons. The van der Waals surface area contributed by atoms with E-state index < -0.39 is 16.1 Å². The fourth-order valence-electron chi connectivity index (χ4n) is 4.41. The number of hydrogen-bond donors (Lipinski definition) is 1. The van der Waals surface area contributed by atoms with Gasteiger partial charge in [0, 0.05) is 42.5 Å². The summed E-state index contributed by atoms with van der Waals surface area (Å²) in [6.07, 6.45) is 1.75. The van der Waals surface area contributed by atoms with Crippen LogP contribution in [0.2, 0.25) is 10.0 Å². The van der Waals surface area contributed by atoms with Gasteiger partial charge in [0.25, 0.3) is 0 Å². The minimum absolute atomic E-state index is 0.0345. The molecule has 0 aliphatic rings. The van der Waals surface area contributed by atoms with Gasteiger partial charge >= 0.3 is 0 Å². The third-order valence-corrected chi connectivity index (χ3v) is 8.29. The van der Waals surface area contributed by atoms with Crippen LogP contribution in [0, 0.1) is 5.92 Å². The Kier molecular flexibility index (Phi) is 12.1. The summed E-state index contributed by atoms with van der Waals surface area (Å²) in [6, 6.07) is 22.5. The van der Waals surface area contributed by atoms with Gasteiger partial charge in [-0.2, -0.15) is 0 Å². The number of nitrogens with one attached hydrogen (secondary N) is 1. The zero-order valence-electron chi connectivity index (χ0n) is 23.6. The first-order valence-corrected chi connectivity index (χ1v) is 16.1. The van der Waals surface area contributed by atoms with Crippen LogP contribution in [0.25, 0.3) is 0 Å². The van der Waals surface area contributed by atoms with Crippen molar-refractivity contribution < 1.29 is 18.0 Å². The SMILES string of the molecule is CC(C)CNC(=O)[C@@H](Cc1ccccc1)N(Cc1ccc(Cl)cc1Cl)C(=O)CCCN(c1ccccc1)S(C)(=O)=O. The Morgan fingerprint density at radius 3 is 2.15 bits per heavy atom. The van der Waals surface area contributed by atoms with Gasteiger partial charge < -0.3 is 10.2 Å². The number of sulfonamides is 1. The smallest absolute Gasteiger partial charge is 0.243 e. The first-order valence-electron chi connectivity index (χ1n) is 13.5. The van der Waals surface area contributed by atoms with Crippen molar-refractivity contribution in [2.45, 2.75) is 45.7 Å². The van der Waals surface area contributed by atoms with Gasteiger partial charge in [-0.15, -0.1) is 0 Å². The highest BCUT2D eigenvalue weighted by atomic mass is 35.5. The zero-order chi connectivity index (χ0) is 30.0. The van der Waals surface area contributed by atoms with E-state index in [9.17, 15) is 18.0 Å². The van der Waals surface area contributed by atoms with Gasteiger partial charge in [0.1, 0.15) is 6.04 Å². The Balaban J connectivity index is 1.90. The Hall–Kier alpha value is -3.07. The van der Waals surface area contributed by atoms with E-state index in [0.29, 0.717) is 34.3 Å². The number of halogens is 2. The van der Waals surface area contributed by atoms with Gasteiger partial charge in [-0.05, 0) is 47.7 Å². The highest BCUT2D eigenvalue weighted by Gasteiger charge is 2.31. The molecule has 2 amide bonds. The molecule has 0 aromatic heterocycles. The summed E-state index contributed by atoms with van der Waals surface area (Å²) in [6.45, 7) is 4.68. The zero-order valence-corrected chi connectivity index (χ0v) is 25.9. The minimum Gasteiger partial charge on any atom is -0.354 e. The third-order valence-electron chi connectivity index (χ3n) is 6.51. The molecule has 0 radical (unpaired) electrons. The van der Waals surface area contributed by atoms with Gasteiger partial charge in [0.2, 0.25) is 21.8 Å². The maximum absolute atomic E-state index is 13.9. The molecule has 0 fully saturated rings. The number of para-hydroxylation sites is 1. The van der Waals surface area contributed by atoms with E-state index in [1.807, 2.05) is 50.2 Å². The van der Waals surface area contributed by atoms with Crippen molar-refractivity contribution in [1.29, 1.82) is 0 Å². The van der Waals surface area contributed by atoms with E-state index in [1.165, 1.54) is 4.31 Å². The van der Waals surface area contributed by atoms with Crippen molar-refractivity contribution in [2.75, 3.05) is 23.7 Å². The molecule has 10 heteroatoms. The molecule has 0 heterocycles. The lowest BCUT2D eigenvalue weighted by atomic mass is 10.0. The maximum Gasteiger partial charge on any atom is 0.243 e. The number of rotatable bonds is 14. The van der Waals surface area contributed by atoms with Gasteiger partial charge in [-0.3, -0.25) is 13.9 Å². The van der Waals surface area contributed by atoms with Crippen LogP contribution in [0.15, 0.2) is 78.9 Å². The fraction of sp³-hybridized carbons (Fsp3) is 0.355. The molecule has 7 nitrogen and oxygen atoms in total. The largest absolute Gasteiger partial charge is 0.354 e. The summed E-state index contributed by atoms with van der Waals surface area (Å²) < 4.78 is 26.3. The molecular formula is C31H37Cl2N3O4S. The molecule has 0 spiro atoms. The molecule has 1 N–H and O–H groups in total. The fourth-order valence-corrected chi connectivity index (χ4v) is 5.84. The molecule has 0 bridgehead atoms. The van der Waals surface area contributed by atoms with Crippen LogP contribution in [0.5, 0.6) is 0 Å². The highest BCUT2D eigenvalue weighted by Crippen LogP contribution is 2.25. The lowest BCUT2D eigenvalue weighted by molar-refractivity contribution is -0.141. The molecule has 41 heavy (non-hydrogen) atoms. The standard InChI is InChI=1S/C31H37Cl2N3O4S/c1-23(2)21-34-31(38)29(19-24-11-6-4-7-12-24)35(22-25-16-17-26(32)20-28(25)33)30(37)15-10-18-36(41(3,39)40)27-13-8-5-9-14-27/h4-9,11-14,16-17,20,23,29H,10,15,18-19,21-22H2,1-3H3,(H,34,38)/t29-/m1/s1. The number of amides is 2. The summed E-state index contributed by atoms with van der Waals surface area (Å²) >= 11 is 12.6. The number of carbonyl (C=O) groups is 2. The first-order chi connectivity index (χ1) is 19.5. The summed E-state index contributed by atoms with van der Waals surface area (Å²) in [5.74, 6) is -0.313. The predicted octanol–water partition coefficient (Wildman–Crippen LogP) is 5.95. The Bertz CT molecular complexity index is 1400. The number of anilines is 1. The second kappa shape index (κ2) is 15.2. The lowest BCUT2D eigenvalue weighted by Gasteiger charge is -2.32. The number of carbonyl (C=O) groups excluding carboxylic acids is 2. The number of hydrogen-bond acceptors (Lipinski definition) is 4. The Morgan fingerprint density at radius 2 is 1.56 bits per heavy atom. The molecule has 0 unspecified atom stereocenters. The summed E-state index contributed by atoms with van der Waals surface area (Å²) in [5.41, 5.74) is 2.09. The topological polar surface area (TPSA) is 86.8 Å². The quantitative estimate of drug-likeness (QED) is 0.242. The van der Waals surface area contributed by atoms with E-state index in [-0.39, 0.29) is 43.7 Å². The van der Waals surface area contributed by atoms with E-state index in [0.717, 1.165) is 11.8 Å². The molecule has 0 aliphatic heterocycles. The van der Waals surface area contributed by atoms with E-state index in [1.54, 1.807) is 47.4 Å². The molecule has 3 rings (SSSR count). The number of benzene rings is 3. The van der Waals surface area contributed by atoms with E-state index >= 15 is 0 Å². The molecule has 1 atom stereocenters. The van der Waals surface area contributed by atoms with Crippen molar-refractivity contribution in [3.05, 3.63) is 100 Å². The molecule has 3 aromatic carbocycles. The molecule has 0 saturated heterocycles. The molecule has 0 aliphatic carbocycles. The van der Waals surface area contributed by atoms with Gasteiger partial charge in [-0.25, -0.2) is 8.42 Å². The van der Waals surface area contributed by atoms with Crippen LogP contribution in [0.4, 0.5) is 5.69 Å². The van der Waals surface area contributed by atoms with Crippen LogP contribution in [-0.4, -0.2) is 50.5 Å². The summed E-state index contributed by atoms with van der Waals surface area (Å²) in [7, 11) is -3.57. The van der Waals surface area contributed by atoms with Gasteiger partial charge in [0.05, 0.1) is 11.9 Å². The molecule has 0 saturated carbocycles. The van der Waals surface area contributed by atoms with Gasteiger partial charge in [0.15, 0.2) is 0 Å². The van der Waals surface area contributed by atoms with Crippen molar-refractivity contribution in [3.8, 4) is 0 Å². The summed E-state index contributed by atoms with van der Waals surface area (Å²) in [4.78, 5) is 29.0. The van der Waals surface area contributed by atoms with Crippen molar-refractivity contribution in [2.24, 2.45) is 5.92 Å². The monoisotopic (exact) mass is 617 g/mol. The van der Waals surface area contributed by atoms with Crippen LogP contribution in [0.1, 0.15) is 37.8 Å². The van der Waals surface area contributed by atoms with Crippen LogP contribution in [0.3, 0.4) is 0 Å². The first kappa shape index (κ1) is 32.4. The highest BCUT2D eigenvalue weighted by molar-refractivity contribution is 7.92. The van der Waals surface area contributed by atoms with Gasteiger partial charge in [-0.1, -0.05) is 91.6 Å². The van der Waals surface area contributed by atoms with Crippen LogP contribution in [-0.2, 0) is 32.6 Å².